The summed E-state index contributed by atoms with van der Waals surface area (Å²) in [5.74, 6) is 1.64. The van der Waals surface area contributed by atoms with Crippen LogP contribution in [0.15, 0.2) is 12.3 Å². The third-order valence-electron chi connectivity index (χ3n) is 4.65. The van der Waals surface area contributed by atoms with Crippen LogP contribution in [-0.4, -0.2) is 58.7 Å². The molecule has 0 aromatic carbocycles. The molecule has 2 saturated heterocycles. The van der Waals surface area contributed by atoms with Gasteiger partial charge in [-0.15, -0.1) is 0 Å². The van der Waals surface area contributed by atoms with Crippen LogP contribution < -0.4 is 10.6 Å². The number of hydrogen-bond donors (Lipinski definition) is 2. The van der Waals surface area contributed by atoms with Crippen LogP contribution in [0.1, 0.15) is 32.1 Å². The maximum Gasteiger partial charge on any atom is 0.225 e. The normalized spacial score (nSPS) is 28.0. The molecule has 124 valence electrons. The van der Waals surface area contributed by atoms with Crippen molar-refractivity contribution in [2.45, 2.75) is 50.2 Å². The number of likely N-dealkylation sites (tertiary alicyclic amines) is 1. The molecule has 23 heavy (non-hydrogen) atoms. The molecular weight excluding hydrogens is 294 g/mol. The van der Waals surface area contributed by atoms with Crippen molar-refractivity contribution in [2.75, 3.05) is 30.4 Å². The highest BCUT2D eigenvalue weighted by atomic mass is 16.5. The first-order chi connectivity index (χ1) is 11.3. The Morgan fingerprint density at radius 1 is 1.22 bits per heavy atom. The van der Waals surface area contributed by atoms with E-state index in [9.17, 15) is 4.79 Å². The molecule has 3 fully saturated rings. The van der Waals surface area contributed by atoms with Gasteiger partial charge in [-0.25, -0.2) is 4.98 Å². The van der Waals surface area contributed by atoms with E-state index in [4.69, 9.17) is 4.74 Å². The van der Waals surface area contributed by atoms with Gasteiger partial charge >= 0.3 is 0 Å². The minimum Gasteiger partial charge on any atom is -0.379 e. The number of nitrogens with one attached hydrogen (secondary N) is 2. The van der Waals surface area contributed by atoms with Crippen LogP contribution in [0.25, 0.3) is 0 Å². The Morgan fingerprint density at radius 3 is 2.91 bits per heavy atom. The molecule has 3 heterocycles. The first-order valence-corrected chi connectivity index (χ1v) is 8.51. The van der Waals surface area contributed by atoms with Crippen molar-refractivity contribution in [1.29, 1.82) is 0 Å². The van der Waals surface area contributed by atoms with Crippen LogP contribution in [0, 0.1) is 0 Å². The van der Waals surface area contributed by atoms with Crippen molar-refractivity contribution in [1.82, 2.24) is 14.9 Å². The lowest BCUT2D eigenvalue weighted by Gasteiger charge is -2.23. The SMILES string of the molecule is O=C1C[C@@H](Nc2nccc(N[C@H]3CCCOC3)n2)CN1C1CC1. The number of aromatic nitrogens is 2. The number of carbonyl (C=O) groups excluding carboxylic acids is 1. The van der Waals surface area contributed by atoms with Crippen LogP contribution in [-0.2, 0) is 9.53 Å². The fourth-order valence-corrected chi connectivity index (χ4v) is 3.32. The standard InChI is InChI=1S/C16H23N5O2/c22-15-8-12(9-21(15)13-3-4-13)19-16-17-6-5-14(20-16)18-11-2-1-7-23-10-11/h5-6,11-13H,1-4,7-10H2,(H2,17,18,19,20)/t11-,12+/m0/s1. The summed E-state index contributed by atoms with van der Waals surface area (Å²) in [7, 11) is 0. The monoisotopic (exact) mass is 317 g/mol. The van der Waals surface area contributed by atoms with Gasteiger partial charge in [0.1, 0.15) is 5.82 Å². The fraction of sp³-hybridized carbons (Fsp3) is 0.688. The van der Waals surface area contributed by atoms with Gasteiger partial charge in [0.2, 0.25) is 11.9 Å². The van der Waals surface area contributed by atoms with Crippen LogP contribution in [0.5, 0.6) is 0 Å². The van der Waals surface area contributed by atoms with E-state index in [1.165, 1.54) is 0 Å². The molecule has 1 saturated carbocycles. The number of rotatable bonds is 5. The summed E-state index contributed by atoms with van der Waals surface area (Å²) < 4.78 is 5.48. The average Bonchev–Trinajstić information content (AvgIpc) is 3.33. The molecular formula is C16H23N5O2. The van der Waals surface area contributed by atoms with Gasteiger partial charge in [0.05, 0.1) is 18.7 Å². The molecule has 2 N–H and O–H groups in total. The van der Waals surface area contributed by atoms with Gasteiger partial charge < -0.3 is 20.3 Å². The molecule has 1 aromatic heterocycles. The lowest BCUT2D eigenvalue weighted by Crippen LogP contribution is -2.31. The van der Waals surface area contributed by atoms with Gasteiger partial charge in [0.15, 0.2) is 0 Å². The zero-order valence-electron chi connectivity index (χ0n) is 13.2. The van der Waals surface area contributed by atoms with E-state index in [0.29, 0.717) is 24.5 Å². The van der Waals surface area contributed by atoms with Gasteiger partial charge in [-0.1, -0.05) is 0 Å². The second kappa shape index (κ2) is 6.31. The first kappa shape index (κ1) is 14.7. The molecule has 1 aliphatic carbocycles. The third kappa shape index (κ3) is 3.55. The quantitative estimate of drug-likeness (QED) is 0.851. The van der Waals surface area contributed by atoms with E-state index < -0.39 is 0 Å². The topological polar surface area (TPSA) is 79.4 Å². The van der Waals surface area contributed by atoms with Crippen LogP contribution in [0.3, 0.4) is 0 Å². The highest BCUT2D eigenvalue weighted by molar-refractivity contribution is 5.80. The Labute approximate surface area is 135 Å². The molecule has 0 unspecified atom stereocenters. The van der Waals surface area contributed by atoms with E-state index in [1.54, 1.807) is 6.20 Å². The minimum absolute atomic E-state index is 0.108. The van der Waals surface area contributed by atoms with E-state index in [-0.39, 0.29) is 11.9 Å². The Kier molecular flexibility index (Phi) is 4.03. The van der Waals surface area contributed by atoms with Gasteiger partial charge in [-0.05, 0) is 31.7 Å². The predicted molar refractivity (Wildman–Crippen MR) is 86.3 cm³/mol. The van der Waals surface area contributed by atoms with E-state index >= 15 is 0 Å². The Bertz CT molecular complexity index is 571. The molecule has 1 amide bonds. The van der Waals surface area contributed by atoms with Crippen molar-refractivity contribution in [3.63, 3.8) is 0 Å². The van der Waals surface area contributed by atoms with Gasteiger partial charge in [0, 0.05) is 31.8 Å². The third-order valence-corrected chi connectivity index (χ3v) is 4.65. The predicted octanol–water partition coefficient (Wildman–Crippen LogP) is 1.24. The zero-order chi connectivity index (χ0) is 15.6. The molecule has 2 aliphatic heterocycles. The van der Waals surface area contributed by atoms with Gasteiger partial charge in [-0.2, -0.15) is 4.98 Å². The summed E-state index contributed by atoms with van der Waals surface area (Å²) in [4.78, 5) is 22.8. The molecule has 1 aromatic rings. The van der Waals surface area contributed by atoms with Gasteiger partial charge in [-0.3, -0.25) is 4.79 Å². The number of ether oxygens (including phenoxy) is 1. The first-order valence-electron chi connectivity index (χ1n) is 8.51. The smallest absolute Gasteiger partial charge is 0.225 e. The maximum absolute atomic E-state index is 12.0. The summed E-state index contributed by atoms with van der Waals surface area (Å²) in [5, 5.41) is 6.70. The van der Waals surface area contributed by atoms with Crippen molar-refractivity contribution in [3.8, 4) is 0 Å². The summed E-state index contributed by atoms with van der Waals surface area (Å²) in [6, 6.07) is 2.77. The summed E-state index contributed by atoms with van der Waals surface area (Å²) >= 11 is 0. The van der Waals surface area contributed by atoms with Crippen LogP contribution in [0.2, 0.25) is 0 Å². The Hall–Kier alpha value is -1.89. The summed E-state index contributed by atoms with van der Waals surface area (Å²) in [6.07, 6.45) is 6.76. The molecule has 0 bridgehead atoms. The van der Waals surface area contributed by atoms with E-state index in [0.717, 1.165) is 51.3 Å². The largest absolute Gasteiger partial charge is 0.379 e. The summed E-state index contributed by atoms with van der Waals surface area (Å²) in [6.45, 7) is 2.34. The van der Waals surface area contributed by atoms with E-state index in [1.807, 2.05) is 11.0 Å². The number of nitrogens with zero attached hydrogens (tertiary/aromatic N) is 3. The number of hydrogen-bond acceptors (Lipinski definition) is 6. The highest BCUT2D eigenvalue weighted by Gasteiger charge is 2.39. The van der Waals surface area contributed by atoms with Crippen molar-refractivity contribution in [2.24, 2.45) is 0 Å². The number of anilines is 2. The summed E-state index contributed by atoms with van der Waals surface area (Å²) in [5.41, 5.74) is 0. The molecule has 3 aliphatic rings. The second-order valence-electron chi connectivity index (χ2n) is 6.65. The average molecular weight is 317 g/mol. The molecule has 4 rings (SSSR count). The maximum atomic E-state index is 12.0. The van der Waals surface area contributed by atoms with Gasteiger partial charge in [0.25, 0.3) is 0 Å². The Morgan fingerprint density at radius 2 is 2.13 bits per heavy atom. The van der Waals surface area contributed by atoms with E-state index in [2.05, 4.69) is 20.6 Å². The van der Waals surface area contributed by atoms with Crippen LogP contribution in [0.4, 0.5) is 11.8 Å². The van der Waals surface area contributed by atoms with Crippen molar-refractivity contribution in [3.05, 3.63) is 12.3 Å². The molecule has 2 atom stereocenters. The Balaban J connectivity index is 1.35. The second-order valence-corrected chi connectivity index (χ2v) is 6.65. The minimum atomic E-state index is 0.108. The molecule has 7 heteroatoms. The molecule has 7 nitrogen and oxygen atoms in total. The highest BCUT2D eigenvalue weighted by Crippen LogP contribution is 2.31. The van der Waals surface area contributed by atoms with Crippen molar-refractivity contribution >= 4 is 17.7 Å². The number of carbonyl (C=O) groups is 1. The zero-order valence-corrected chi connectivity index (χ0v) is 13.2. The van der Waals surface area contributed by atoms with Crippen molar-refractivity contribution < 1.29 is 9.53 Å². The lowest BCUT2D eigenvalue weighted by atomic mass is 10.1. The molecule has 0 spiro atoms. The molecule has 0 radical (unpaired) electrons. The van der Waals surface area contributed by atoms with Crippen LogP contribution >= 0.6 is 0 Å². The number of amides is 1. The fourth-order valence-electron chi connectivity index (χ4n) is 3.32. The lowest BCUT2D eigenvalue weighted by molar-refractivity contribution is -0.128.